The minimum Gasteiger partial charge on any atom is -0.494 e. The summed E-state index contributed by atoms with van der Waals surface area (Å²) in [5, 5.41) is 48.0. The fraction of sp³-hybridized carbons (Fsp3) is 0.706. The zero-order valence-corrected chi connectivity index (χ0v) is 50.3. The van der Waals surface area contributed by atoms with Gasteiger partial charge in [-0.2, -0.15) is 0 Å². The molecule has 12 heteroatoms. The molecule has 8 N–H and O–H groups in total. The molecule has 5 rings (SSSR count). The van der Waals surface area contributed by atoms with E-state index in [1.807, 2.05) is 0 Å². The molecule has 1 aliphatic rings. The second-order valence-electron chi connectivity index (χ2n) is 24.1. The van der Waals surface area contributed by atoms with Gasteiger partial charge in [-0.1, -0.05) is 259 Å². The molecule has 8 bridgehead atoms. The largest absolute Gasteiger partial charge is 0.494 e. The molecule has 0 radical (unpaired) electrons. The summed E-state index contributed by atoms with van der Waals surface area (Å²) in [6.07, 6.45) is 40.8. The first kappa shape index (κ1) is 65.8. The van der Waals surface area contributed by atoms with E-state index in [2.05, 4.69) is 47.6 Å². The number of rotatable bonds is 40. The number of hydrogen-bond donors (Lipinski definition) is 8. The predicted molar refractivity (Wildman–Crippen MR) is 330 cm³/mol. The maximum Gasteiger partial charge on any atom is 0.254 e. The highest BCUT2D eigenvalue weighted by Crippen LogP contribution is 2.44. The quantitative estimate of drug-likeness (QED) is 0.0200. The van der Waals surface area contributed by atoms with Crippen molar-refractivity contribution in [2.24, 2.45) is 0 Å². The number of H-pyrrole nitrogens is 4. The Morgan fingerprint density at radius 2 is 0.400 bits per heavy atom. The van der Waals surface area contributed by atoms with Crippen LogP contribution in [0.4, 0.5) is 0 Å². The Kier molecular flexibility index (Phi) is 30.6. The van der Waals surface area contributed by atoms with Gasteiger partial charge < -0.3 is 20.4 Å². The lowest BCUT2D eigenvalue weighted by atomic mass is 9.79. The molecule has 4 heterocycles. The number of pyridine rings is 4. The lowest BCUT2D eigenvalue weighted by Gasteiger charge is -2.26. The topological polar surface area (TPSA) is 212 Å². The first-order valence-corrected chi connectivity index (χ1v) is 32.8. The molecular weight excluding hydrogens is 1000 g/mol. The highest BCUT2D eigenvalue weighted by atomic mass is 16.3. The van der Waals surface area contributed by atoms with Crippen molar-refractivity contribution >= 4 is 0 Å². The van der Waals surface area contributed by atoms with E-state index in [1.165, 1.54) is 103 Å². The van der Waals surface area contributed by atoms with Gasteiger partial charge >= 0.3 is 0 Å². The van der Waals surface area contributed by atoms with Crippen LogP contribution >= 0.6 is 0 Å². The number of aromatic amines is 4. The molecular formula is C68H108N4O8. The standard InChI is InChI=1S/C68H108N4O8/c1-5-9-13-17-21-25-29-33-37-41-49-53-45-55(63(75)69-61(53)73)50(42-38-34-30-26-22-18-14-10-6-2)57-47-59(67(79)71-65(57)77)52(44-40-36-32-28-24-20-16-12-8-4)60-48-58(66(78)72-68(60)80)51(56-46-54(49)62(74)70-64(56)76)43-39-35-31-27-23-19-15-11-7-3/h45-52H,5-44H2,1-4H3,(H2,69,73,75)(H2,70,74,76)(H2,71,77,79)(H2,72,78,80). The Morgan fingerprint density at radius 3 is 0.588 bits per heavy atom. The molecule has 0 saturated heterocycles. The number of fused-ring (bicyclic) bond motifs is 8. The van der Waals surface area contributed by atoms with Crippen molar-refractivity contribution in [1.82, 2.24) is 19.9 Å². The van der Waals surface area contributed by atoms with Crippen molar-refractivity contribution in [2.75, 3.05) is 0 Å². The Morgan fingerprint density at radius 1 is 0.250 bits per heavy atom. The molecule has 2 unspecified atom stereocenters. The van der Waals surface area contributed by atoms with Gasteiger partial charge in [-0.3, -0.25) is 39.1 Å². The number of unbranched alkanes of at least 4 members (excludes halogenated alkanes) is 32. The SMILES string of the molecule is CCCCCCCCCCCC1c2cc(c(=O)[nH]c2O)C(CCCCCCCCCCC)c2cc(c(=O)[nH]c2O)C(CCCCCCCCCCC)c2cc(c(O)[nH]c2=O)C(CCCCCCCCCCC)c2cc1c(O)[nH]c2=O. The molecule has 12 nitrogen and oxygen atoms in total. The summed E-state index contributed by atoms with van der Waals surface area (Å²) in [6, 6.07) is 6.86. The third-order valence-corrected chi connectivity index (χ3v) is 17.7. The fourth-order valence-corrected chi connectivity index (χ4v) is 12.9. The summed E-state index contributed by atoms with van der Waals surface area (Å²) in [4.78, 5) is 69.3. The Balaban J connectivity index is 1.69. The average molecular weight is 1110 g/mol. The van der Waals surface area contributed by atoms with E-state index < -0.39 is 45.9 Å². The van der Waals surface area contributed by atoms with E-state index in [4.69, 9.17) is 0 Å². The molecule has 0 amide bonds. The minimum atomic E-state index is -0.775. The second kappa shape index (κ2) is 37.2. The van der Waals surface area contributed by atoms with Crippen LogP contribution in [0.15, 0.2) is 43.4 Å². The Labute approximate surface area is 480 Å². The maximum atomic E-state index is 14.6. The maximum absolute atomic E-state index is 14.6. The zero-order chi connectivity index (χ0) is 57.5. The average Bonchev–Trinajstić information content (AvgIpc) is 3.53. The summed E-state index contributed by atoms with van der Waals surface area (Å²) >= 11 is 0. The first-order chi connectivity index (χ1) is 38.9. The Bertz CT molecular complexity index is 2470. The van der Waals surface area contributed by atoms with Gasteiger partial charge in [0.1, 0.15) is 0 Å². The molecule has 0 spiro atoms. The highest BCUT2D eigenvalue weighted by molar-refractivity contribution is 5.50. The van der Waals surface area contributed by atoms with E-state index in [0.717, 1.165) is 122 Å². The minimum absolute atomic E-state index is 0.280. The predicted octanol–water partition coefficient (Wildman–Crippen LogP) is 17.8. The van der Waals surface area contributed by atoms with E-state index in [0.29, 0.717) is 65.5 Å². The summed E-state index contributed by atoms with van der Waals surface area (Å²) < 4.78 is 0. The smallest absolute Gasteiger partial charge is 0.254 e. The summed E-state index contributed by atoms with van der Waals surface area (Å²) in [5.41, 5.74) is 0.508. The van der Waals surface area contributed by atoms with Gasteiger partial charge in [0.15, 0.2) is 23.5 Å². The van der Waals surface area contributed by atoms with Crippen LogP contribution < -0.4 is 22.2 Å². The van der Waals surface area contributed by atoms with Crippen LogP contribution in [-0.2, 0) is 0 Å². The van der Waals surface area contributed by atoms with Crippen LogP contribution in [0, 0.1) is 0 Å². The zero-order valence-electron chi connectivity index (χ0n) is 50.3. The van der Waals surface area contributed by atoms with Crippen molar-refractivity contribution in [3.63, 3.8) is 0 Å². The lowest BCUT2D eigenvalue weighted by Crippen LogP contribution is -2.26. The van der Waals surface area contributed by atoms with Gasteiger partial charge in [0.05, 0.1) is 0 Å². The van der Waals surface area contributed by atoms with Crippen molar-refractivity contribution in [2.45, 2.75) is 308 Å². The summed E-state index contributed by atoms with van der Waals surface area (Å²) in [6.45, 7) is 8.87. The van der Waals surface area contributed by atoms with E-state index in [-0.39, 0.29) is 34.6 Å². The van der Waals surface area contributed by atoms with Gasteiger partial charge in [0, 0.05) is 68.2 Å². The third kappa shape index (κ3) is 20.8. The first-order valence-electron chi connectivity index (χ1n) is 32.8. The fourth-order valence-electron chi connectivity index (χ4n) is 12.9. The van der Waals surface area contributed by atoms with Crippen LogP contribution in [0.1, 0.15) is 353 Å². The lowest BCUT2D eigenvalue weighted by molar-refractivity contribution is 0.421. The molecule has 0 fully saturated rings. The van der Waals surface area contributed by atoms with Crippen molar-refractivity contribution in [3.8, 4) is 23.5 Å². The van der Waals surface area contributed by atoms with Gasteiger partial charge in [-0.15, -0.1) is 0 Å². The summed E-state index contributed by atoms with van der Waals surface area (Å²) in [5.74, 6) is -4.32. The molecule has 4 aromatic rings. The van der Waals surface area contributed by atoms with Crippen molar-refractivity contribution < 1.29 is 20.4 Å². The molecule has 0 aromatic carbocycles. The third-order valence-electron chi connectivity index (χ3n) is 17.7. The van der Waals surface area contributed by atoms with Crippen LogP contribution in [0.5, 0.6) is 23.5 Å². The van der Waals surface area contributed by atoms with Crippen LogP contribution in [-0.4, -0.2) is 40.4 Å². The van der Waals surface area contributed by atoms with E-state index in [9.17, 15) is 39.6 Å². The molecule has 1 aliphatic carbocycles. The number of hydrogen-bond acceptors (Lipinski definition) is 8. The van der Waals surface area contributed by atoms with Crippen LogP contribution in [0.2, 0.25) is 0 Å². The van der Waals surface area contributed by atoms with Gasteiger partial charge in [0.2, 0.25) is 0 Å². The number of aromatic hydroxyl groups is 4. The van der Waals surface area contributed by atoms with Crippen molar-refractivity contribution in [3.05, 3.63) is 110 Å². The van der Waals surface area contributed by atoms with E-state index in [1.54, 1.807) is 24.3 Å². The molecule has 448 valence electrons. The van der Waals surface area contributed by atoms with E-state index >= 15 is 0 Å². The molecule has 2 atom stereocenters. The van der Waals surface area contributed by atoms with Gasteiger partial charge in [0.25, 0.3) is 22.2 Å². The van der Waals surface area contributed by atoms with Gasteiger partial charge in [-0.05, 0) is 49.9 Å². The van der Waals surface area contributed by atoms with Gasteiger partial charge in [-0.25, -0.2) is 0 Å². The molecule has 0 aliphatic heterocycles. The Hall–Kier alpha value is -5.00. The van der Waals surface area contributed by atoms with Crippen molar-refractivity contribution in [1.29, 1.82) is 0 Å². The second-order valence-corrected chi connectivity index (χ2v) is 24.1. The van der Waals surface area contributed by atoms with Crippen LogP contribution in [0.25, 0.3) is 0 Å². The highest BCUT2D eigenvalue weighted by Gasteiger charge is 2.33. The molecule has 4 aromatic heterocycles. The molecule has 80 heavy (non-hydrogen) atoms. The number of nitrogens with one attached hydrogen (secondary N) is 4. The monoisotopic (exact) mass is 1110 g/mol. The number of aromatic nitrogens is 4. The van der Waals surface area contributed by atoms with Crippen LogP contribution in [0.3, 0.4) is 0 Å². The summed E-state index contributed by atoms with van der Waals surface area (Å²) in [7, 11) is 0. The normalized spacial score (nSPS) is 16.1. The molecule has 0 saturated carbocycles.